The van der Waals surface area contributed by atoms with Crippen molar-refractivity contribution in [2.24, 2.45) is 4.99 Å². The number of hydrogen-bond donors (Lipinski definition) is 2. The first-order chi connectivity index (χ1) is 7.78. The zero-order valence-electron chi connectivity index (χ0n) is 11.5. The lowest BCUT2D eigenvalue weighted by Gasteiger charge is -2.19. The van der Waals surface area contributed by atoms with E-state index in [4.69, 9.17) is 4.74 Å². The van der Waals surface area contributed by atoms with Gasteiger partial charge in [0.05, 0.1) is 6.61 Å². The van der Waals surface area contributed by atoms with Gasteiger partial charge in [0.1, 0.15) is 0 Å². The first-order valence-electron chi connectivity index (χ1n) is 5.94. The van der Waals surface area contributed by atoms with Gasteiger partial charge in [0.2, 0.25) is 0 Å². The van der Waals surface area contributed by atoms with Crippen molar-refractivity contribution in [2.45, 2.75) is 13.8 Å². The summed E-state index contributed by atoms with van der Waals surface area (Å²) in [7, 11) is 3.47. The Bertz CT molecular complexity index is 186. The largest absolute Gasteiger partial charge is 0.383 e. The molecule has 0 aromatic heterocycles. The molecule has 0 unspecified atom stereocenters. The summed E-state index contributed by atoms with van der Waals surface area (Å²) in [6.07, 6.45) is 0. The predicted octanol–water partition coefficient (Wildman–Crippen LogP) is 0.758. The second-order valence-electron chi connectivity index (χ2n) is 3.45. The molecule has 0 aromatic rings. The van der Waals surface area contributed by atoms with E-state index in [1.165, 1.54) is 0 Å². The Morgan fingerprint density at radius 3 is 2.24 bits per heavy atom. The van der Waals surface area contributed by atoms with E-state index in [0.29, 0.717) is 6.61 Å². The van der Waals surface area contributed by atoms with Gasteiger partial charge in [0.25, 0.3) is 0 Å². The summed E-state index contributed by atoms with van der Waals surface area (Å²) in [6.45, 7) is 9.95. The summed E-state index contributed by atoms with van der Waals surface area (Å²) in [5.41, 5.74) is 0. The van der Waals surface area contributed by atoms with Gasteiger partial charge >= 0.3 is 0 Å². The maximum Gasteiger partial charge on any atom is 0.191 e. The van der Waals surface area contributed by atoms with Crippen molar-refractivity contribution in [3.05, 3.63) is 0 Å². The summed E-state index contributed by atoms with van der Waals surface area (Å²) >= 11 is 0. The lowest BCUT2D eigenvalue weighted by atomic mass is 10.4. The maximum atomic E-state index is 4.96. The molecule has 0 amide bonds. The third-order valence-electron chi connectivity index (χ3n) is 2.44. The van der Waals surface area contributed by atoms with E-state index >= 15 is 0 Å². The Labute approximate surface area is 122 Å². The van der Waals surface area contributed by atoms with Crippen LogP contribution in [0.3, 0.4) is 0 Å². The number of guanidine groups is 1. The van der Waals surface area contributed by atoms with Crippen molar-refractivity contribution in [2.75, 3.05) is 53.5 Å². The molecule has 0 aliphatic heterocycles. The fraction of sp³-hybridized carbons (Fsp3) is 0.909. The number of aliphatic imine (C=N–C) groups is 1. The van der Waals surface area contributed by atoms with Crippen LogP contribution in [0.1, 0.15) is 13.8 Å². The number of rotatable bonds is 8. The molecule has 0 rings (SSSR count). The van der Waals surface area contributed by atoms with E-state index in [-0.39, 0.29) is 24.0 Å². The molecule has 5 nitrogen and oxygen atoms in total. The molecule has 0 fully saturated rings. The zero-order chi connectivity index (χ0) is 12.2. The first kappa shape index (κ1) is 19.3. The highest BCUT2D eigenvalue weighted by molar-refractivity contribution is 14.0. The van der Waals surface area contributed by atoms with Crippen LogP contribution in [0.4, 0.5) is 0 Å². The van der Waals surface area contributed by atoms with E-state index in [1.54, 1.807) is 14.2 Å². The van der Waals surface area contributed by atoms with E-state index in [2.05, 4.69) is 34.4 Å². The molecule has 0 heterocycles. The third kappa shape index (κ3) is 10.8. The Morgan fingerprint density at radius 1 is 1.18 bits per heavy atom. The summed E-state index contributed by atoms with van der Waals surface area (Å²) in [5.74, 6) is 0.837. The van der Waals surface area contributed by atoms with Crippen molar-refractivity contribution < 1.29 is 4.74 Å². The second-order valence-corrected chi connectivity index (χ2v) is 3.45. The Kier molecular flexibility index (Phi) is 15.8. The second kappa shape index (κ2) is 14.0. The first-order valence-corrected chi connectivity index (χ1v) is 5.94. The lowest BCUT2D eigenvalue weighted by Crippen LogP contribution is -2.42. The van der Waals surface area contributed by atoms with Gasteiger partial charge in [-0.05, 0) is 13.1 Å². The van der Waals surface area contributed by atoms with Gasteiger partial charge in [0.15, 0.2) is 5.96 Å². The number of nitrogens with one attached hydrogen (secondary N) is 2. The summed E-state index contributed by atoms with van der Waals surface area (Å²) in [4.78, 5) is 6.50. The molecule has 104 valence electrons. The highest BCUT2D eigenvalue weighted by atomic mass is 127. The fourth-order valence-electron chi connectivity index (χ4n) is 1.36. The van der Waals surface area contributed by atoms with Crippen LogP contribution >= 0.6 is 24.0 Å². The quantitative estimate of drug-likeness (QED) is 0.291. The molecular weight excluding hydrogens is 331 g/mol. The normalized spacial score (nSPS) is 11.2. The van der Waals surface area contributed by atoms with Crippen molar-refractivity contribution in [1.82, 2.24) is 15.5 Å². The number of likely N-dealkylation sites (N-methyl/N-ethyl adjacent to an activating group) is 1. The minimum atomic E-state index is 0. The number of methoxy groups -OCH3 is 1. The molecular formula is C11H27IN4O. The van der Waals surface area contributed by atoms with E-state index in [1.807, 2.05) is 0 Å². The van der Waals surface area contributed by atoms with Gasteiger partial charge in [-0.2, -0.15) is 0 Å². The van der Waals surface area contributed by atoms with Crippen molar-refractivity contribution in [3.8, 4) is 0 Å². The number of hydrogen-bond acceptors (Lipinski definition) is 3. The molecule has 6 heteroatoms. The molecule has 0 aliphatic rings. The third-order valence-corrected chi connectivity index (χ3v) is 2.44. The van der Waals surface area contributed by atoms with Gasteiger partial charge in [-0.1, -0.05) is 13.8 Å². The summed E-state index contributed by atoms with van der Waals surface area (Å²) < 4.78 is 4.96. The van der Waals surface area contributed by atoms with Crippen LogP contribution in [0.25, 0.3) is 0 Å². The minimum Gasteiger partial charge on any atom is -0.383 e. The molecule has 0 radical (unpaired) electrons. The molecule has 0 saturated heterocycles. The van der Waals surface area contributed by atoms with E-state index < -0.39 is 0 Å². The van der Waals surface area contributed by atoms with Gasteiger partial charge in [0, 0.05) is 33.8 Å². The van der Waals surface area contributed by atoms with Crippen molar-refractivity contribution >= 4 is 29.9 Å². The molecule has 0 atom stereocenters. The molecule has 0 aromatic carbocycles. The minimum absolute atomic E-state index is 0. The molecule has 0 saturated carbocycles. The van der Waals surface area contributed by atoms with Gasteiger partial charge < -0.3 is 20.3 Å². The van der Waals surface area contributed by atoms with Crippen LogP contribution in [-0.2, 0) is 4.74 Å². The lowest BCUT2D eigenvalue weighted by molar-refractivity contribution is 0.203. The number of nitrogens with zero attached hydrogens (tertiary/aromatic N) is 2. The Hall–Kier alpha value is -0.0800. The van der Waals surface area contributed by atoms with E-state index in [9.17, 15) is 0 Å². The number of ether oxygens (including phenoxy) is 1. The van der Waals surface area contributed by atoms with Crippen molar-refractivity contribution in [3.63, 3.8) is 0 Å². The molecule has 0 spiro atoms. The van der Waals surface area contributed by atoms with Crippen LogP contribution < -0.4 is 10.6 Å². The molecule has 0 bridgehead atoms. The average Bonchev–Trinajstić information content (AvgIpc) is 2.32. The van der Waals surface area contributed by atoms with E-state index in [0.717, 1.165) is 38.7 Å². The smallest absolute Gasteiger partial charge is 0.191 e. The topological polar surface area (TPSA) is 48.9 Å². The molecule has 2 N–H and O–H groups in total. The zero-order valence-corrected chi connectivity index (χ0v) is 13.8. The van der Waals surface area contributed by atoms with Crippen LogP contribution in [0.5, 0.6) is 0 Å². The highest BCUT2D eigenvalue weighted by Gasteiger charge is 1.99. The van der Waals surface area contributed by atoms with Gasteiger partial charge in [-0.25, -0.2) is 0 Å². The SMILES string of the molecule is CCN(CC)CCNC(=NC)NCCOC.I. The summed E-state index contributed by atoms with van der Waals surface area (Å²) in [5, 5.41) is 6.44. The average molecular weight is 358 g/mol. The van der Waals surface area contributed by atoms with Gasteiger partial charge in [-0.3, -0.25) is 4.99 Å². The van der Waals surface area contributed by atoms with Crippen LogP contribution in [0.2, 0.25) is 0 Å². The van der Waals surface area contributed by atoms with Crippen LogP contribution in [-0.4, -0.2) is 64.3 Å². The van der Waals surface area contributed by atoms with Crippen LogP contribution in [0, 0.1) is 0 Å². The standard InChI is InChI=1S/C11H26N4O.HI/c1-5-15(6-2)9-7-13-11(12-3)14-8-10-16-4;/h5-10H2,1-4H3,(H2,12,13,14);1H. The highest BCUT2D eigenvalue weighted by Crippen LogP contribution is 1.83. The van der Waals surface area contributed by atoms with Crippen molar-refractivity contribution in [1.29, 1.82) is 0 Å². The Morgan fingerprint density at radius 2 is 1.76 bits per heavy atom. The van der Waals surface area contributed by atoms with Gasteiger partial charge in [-0.15, -0.1) is 24.0 Å². The monoisotopic (exact) mass is 358 g/mol. The maximum absolute atomic E-state index is 4.96. The fourth-order valence-corrected chi connectivity index (χ4v) is 1.36. The summed E-state index contributed by atoms with van der Waals surface area (Å²) in [6, 6.07) is 0. The molecule has 17 heavy (non-hydrogen) atoms. The molecule has 0 aliphatic carbocycles. The van der Waals surface area contributed by atoms with Crippen LogP contribution in [0.15, 0.2) is 4.99 Å². The number of halogens is 1. The Balaban J connectivity index is 0. The predicted molar refractivity (Wildman–Crippen MR) is 84.4 cm³/mol.